The number of benzene rings is 1. The van der Waals surface area contributed by atoms with Gasteiger partial charge in [0.15, 0.2) is 0 Å². The maximum Gasteiger partial charge on any atom is 0.262 e. The van der Waals surface area contributed by atoms with Crippen molar-refractivity contribution in [3.63, 3.8) is 0 Å². The average molecular weight is 277 g/mol. The quantitative estimate of drug-likeness (QED) is 0.886. The number of aromatic nitrogens is 2. The number of nitrogens with one attached hydrogen (secondary N) is 1. The molecule has 19 heavy (non-hydrogen) atoms. The van der Waals surface area contributed by atoms with Crippen molar-refractivity contribution in [1.29, 1.82) is 0 Å². The number of aromatic hydroxyl groups is 1. The van der Waals surface area contributed by atoms with E-state index in [9.17, 15) is 9.90 Å². The SMILES string of the molecule is CC1CC1c1nc(O)c(-c2ccc(Cl)cc2)c(=O)[nH]1. The van der Waals surface area contributed by atoms with Gasteiger partial charge in [-0.15, -0.1) is 0 Å². The van der Waals surface area contributed by atoms with E-state index in [1.165, 1.54) is 0 Å². The van der Waals surface area contributed by atoms with Crippen LogP contribution in [0.2, 0.25) is 5.02 Å². The minimum Gasteiger partial charge on any atom is -0.493 e. The molecule has 98 valence electrons. The largest absolute Gasteiger partial charge is 0.493 e. The fraction of sp³-hybridized carbons (Fsp3) is 0.286. The van der Waals surface area contributed by atoms with Crippen LogP contribution in [0.25, 0.3) is 11.1 Å². The van der Waals surface area contributed by atoms with Gasteiger partial charge >= 0.3 is 0 Å². The minimum atomic E-state index is -0.316. The molecule has 1 fully saturated rings. The van der Waals surface area contributed by atoms with Gasteiger partial charge in [0.05, 0.1) is 0 Å². The van der Waals surface area contributed by atoms with E-state index in [1.54, 1.807) is 24.3 Å². The van der Waals surface area contributed by atoms with Crippen LogP contribution in [0.4, 0.5) is 0 Å². The fourth-order valence-corrected chi connectivity index (χ4v) is 2.36. The molecule has 0 bridgehead atoms. The zero-order chi connectivity index (χ0) is 13.6. The van der Waals surface area contributed by atoms with Gasteiger partial charge in [-0.25, -0.2) is 0 Å². The van der Waals surface area contributed by atoms with E-state index in [0.29, 0.717) is 22.3 Å². The minimum absolute atomic E-state index is 0.189. The Labute approximate surface area is 115 Å². The molecule has 0 radical (unpaired) electrons. The van der Waals surface area contributed by atoms with Gasteiger partial charge in [0.2, 0.25) is 5.88 Å². The monoisotopic (exact) mass is 276 g/mol. The second-order valence-electron chi connectivity index (χ2n) is 4.98. The predicted molar refractivity (Wildman–Crippen MR) is 73.5 cm³/mol. The van der Waals surface area contributed by atoms with Crippen LogP contribution in [0.1, 0.15) is 25.1 Å². The lowest BCUT2D eigenvalue weighted by Crippen LogP contribution is -2.13. The molecule has 0 aliphatic heterocycles. The Kier molecular flexibility index (Phi) is 2.82. The van der Waals surface area contributed by atoms with Crippen LogP contribution >= 0.6 is 11.6 Å². The van der Waals surface area contributed by atoms with Crippen LogP contribution < -0.4 is 5.56 Å². The van der Waals surface area contributed by atoms with Crippen molar-refractivity contribution >= 4 is 11.6 Å². The van der Waals surface area contributed by atoms with E-state index in [2.05, 4.69) is 16.9 Å². The molecule has 1 heterocycles. The molecule has 5 heteroatoms. The normalized spacial score (nSPS) is 21.4. The lowest BCUT2D eigenvalue weighted by Gasteiger charge is -2.05. The molecule has 0 saturated heterocycles. The Balaban J connectivity index is 2.07. The first-order chi connectivity index (χ1) is 9.06. The maximum atomic E-state index is 12.1. The Hall–Kier alpha value is -1.81. The zero-order valence-electron chi connectivity index (χ0n) is 10.4. The zero-order valence-corrected chi connectivity index (χ0v) is 11.1. The first-order valence-corrected chi connectivity index (χ1v) is 6.53. The molecular formula is C14H13ClN2O2. The number of hydrogen-bond acceptors (Lipinski definition) is 3. The summed E-state index contributed by atoms with van der Waals surface area (Å²) in [6.07, 6.45) is 1.00. The molecule has 1 aromatic carbocycles. The molecule has 3 rings (SSSR count). The molecule has 2 aromatic rings. The highest BCUT2D eigenvalue weighted by molar-refractivity contribution is 6.30. The molecule has 1 saturated carbocycles. The predicted octanol–water partition coefficient (Wildman–Crippen LogP) is 2.92. The standard InChI is InChI=1S/C14H13ClN2O2/c1-7-6-10(7)12-16-13(18)11(14(19)17-12)8-2-4-9(15)5-3-8/h2-5,7,10H,6H2,1H3,(H2,16,17,18,19). The van der Waals surface area contributed by atoms with E-state index in [0.717, 1.165) is 6.42 Å². The summed E-state index contributed by atoms with van der Waals surface area (Å²) in [6.45, 7) is 2.09. The van der Waals surface area contributed by atoms with Crippen molar-refractivity contribution in [3.8, 4) is 17.0 Å². The van der Waals surface area contributed by atoms with Crippen LogP contribution in [-0.4, -0.2) is 15.1 Å². The van der Waals surface area contributed by atoms with E-state index in [1.807, 2.05) is 0 Å². The van der Waals surface area contributed by atoms with Crippen LogP contribution in [0.15, 0.2) is 29.1 Å². The van der Waals surface area contributed by atoms with Crippen molar-refractivity contribution in [2.24, 2.45) is 5.92 Å². The van der Waals surface area contributed by atoms with Gasteiger partial charge in [0.1, 0.15) is 11.4 Å². The number of aromatic amines is 1. The van der Waals surface area contributed by atoms with Crippen LogP contribution in [0.5, 0.6) is 5.88 Å². The maximum absolute atomic E-state index is 12.1. The van der Waals surface area contributed by atoms with E-state index < -0.39 is 0 Å². The average Bonchev–Trinajstić information content (AvgIpc) is 3.08. The van der Waals surface area contributed by atoms with Gasteiger partial charge < -0.3 is 10.1 Å². The van der Waals surface area contributed by atoms with Gasteiger partial charge in [-0.1, -0.05) is 30.7 Å². The summed E-state index contributed by atoms with van der Waals surface area (Å²) in [5.74, 6) is 1.13. The third kappa shape index (κ3) is 2.24. The lowest BCUT2D eigenvalue weighted by atomic mass is 10.1. The van der Waals surface area contributed by atoms with Gasteiger partial charge in [-0.3, -0.25) is 4.79 Å². The van der Waals surface area contributed by atoms with Crippen molar-refractivity contribution in [2.75, 3.05) is 0 Å². The number of hydrogen-bond donors (Lipinski definition) is 2. The van der Waals surface area contributed by atoms with Crippen molar-refractivity contribution < 1.29 is 5.11 Å². The molecule has 0 spiro atoms. The number of H-pyrrole nitrogens is 1. The van der Waals surface area contributed by atoms with Crippen LogP contribution in [-0.2, 0) is 0 Å². The number of rotatable bonds is 2. The molecule has 2 unspecified atom stereocenters. The van der Waals surface area contributed by atoms with Gasteiger partial charge in [-0.05, 0) is 30.0 Å². The number of halogens is 1. The summed E-state index contributed by atoms with van der Waals surface area (Å²) in [6, 6.07) is 6.72. The Morgan fingerprint density at radius 2 is 2.00 bits per heavy atom. The topological polar surface area (TPSA) is 66.0 Å². The van der Waals surface area contributed by atoms with Gasteiger partial charge in [0, 0.05) is 10.9 Å². The smallest absolute Gasteiger partial charge is 0.262 e. The molecule has 1 aromatic heterocycles. The van der Waals surface area contributed by atoms with E-state index in [-0.39, 0.29) is 22.9 Å². The second-order valence-corrected chi connectivity index (χ2v) is 5.41. The van der Waals surface area contributed by atoms with E-state index >= 15 is 0 Å². The Morgan fingerprint density at radius 3 is 2.53 bits per heavy atom. The van der Waals surface area contributed by atoms with Gasteiger partial charge in [0.25, 0.3) is 5.56 Å². The van der Waals surface area contributed by atoms with Gasteiger partial charge in [-0.2, -0.15) is 4.98 Å². The molecule has 1 aliphatic rings. The van der Waals surface area contributed by atoms with Crippen LogP contribution in [0, 0.1) is 5.92 Å². The summed E-state index contributed by atoms with van der Waals surface area (Å²) in [4.78, 5) is 19.0. The Bertz CT molecular complexity index is 679. The third-order valence-corrected chi connectivity index (χ3v) is 3.76. The van der Waals surface area contributed by atoms with Crippen molar-refractivity contribution in [3.05, 3.63) is 45.5 Å². The highest BCUT2D eigenvalue weighted by atomic mass is 35.5. The number of nitrogens with zero attached hydrogens (tertiary/aromatic N) is 1. The van der Waals surface area contributed by atoms with Crippen LogP contribution in [0.3, 0.4) is 0 Å². The summed E-state index contributed by atoms with van der Waals surface area (Å²) < 4.78 is 0. The summed E-state index contributed by atoms with van der Waals surface area (Å²) in [5.41, 5.74) is 0.476. The molecule has 4 nitrogen and oxygen atoms in total. The van der Waals surface area contributed by atoms with E-state index in [4.69, 9.17) is 11.6 Å². The highest BCUT2D eigenvalue weighted by Crippen LogP contribution is 2.45. The molecule has 0 amide bonds. The fourth-order valence-electron chi connectivity index (χ4n) is 2.23. The summed E-state index contributed by atoms with van der Waals surface area (Å²) in [7, 11) is 0. The summed E-state index contributed by atoms with van der Waals surface area (Å²) in [5, 5.41) is 10.6. The first kappa shape index (κ1) is 12.2. The summed E-state index contributed by atoms with van der Waals surface area (Å²) >= 11 is 5.81. The first-order valence-electron chi connectivity index (χ1n) is 6.15. The van der Waals surface area contributed by atoms with Crippen molar-refractivity contribution in [2.45, 2.75) is 19.3 Å². The van der Waals surface area contributed by atoms with Crippen molar-refractivity contribution in [1.82, 2.24) is 9.97 Å². The third-order valence-electron chi connectivity index (χ3n) is 3.51. The molecular weight excluding hydrogens is 264 g/mol. The highest BCUT2D eigenvalue weighted by Gasteiger charge is 2.36. The lowest BCUT2D eigenvalue weighted by molar-refractivity contribution is 0.449. The molecule has 2 atom stereocenters. The molecule has 2 N–H and O–H groups in total. The second kappa shape index (κ2) is 4.38. The molecule has 1 aliphatic carbocycles. The Morgan fingerprint density at radius 1 is 1.37 bits per heavy atom.